The van der Waals surface area contributed by atoms with Crippen LogP contribution in [0.5, 0.6) is 0 Å². The number of hydrogen-bond acceptors (Lipinski definition) is 6. The van der Waals surface area contributed by atoms with Gasteiger partial charge in [0.1, 0.15) is 5.52 Å². The van der Waals surface area contributed by atoms with Crippen LogP contribution in [0.2, 0.25) is 0 Å². The third-order valence-corrected chi connectivity index (χ3v) is 5.06. The first-order valence-corrected chi connectivity index (χ1v) is 9.27. The van der Waals surface area contributed by atoms with Gasteiger partial charge in [0, 0.05) is 0 Å². The number of rotatable bonds is 5. The summed E-state index contributed by atoms with van der Waals surface area (Å²) >= 11 is 0.869. The Kier molecular flexibility index (Phi) is 4.70. The van der Waals surface area contributed by atoms with Crippen LogP contribution in [0, 0.1) is 5.92 Å². The maximum atomic E-state index is 12.8. The molecule has 1 aromatic heterocycles. The van der Waals surface area contributed by atoms with E-state index in [1.54, 1.807) is 31.2 Å². The van der Waals surface area contributed by atoms with E-state index in [-0.39, 0.29) is 16.0 Å². The van der Waals surface area contributed by atoms with Crippen molar-refractivity contribution >= 4 is 46.1 Å². The Hall–Kier alpha value is -3.39. The van der Waals surface area contributed by atoms with Gasteiger partial charge in [-0.3, -0.25) is 4.79 Å². The Labute approximate surface area is 164 Å². The molecule has 2 heterocycles. The predicted molar refractivity (Wildman–Crippen MR) is 106 cm³/mol. The molecular weight excluding hydrogens is 378 g/mol. The zero-order valence-electron chi connectivity index (χ0n) is 14.8. The summed E-state index contributed by atoms with van der Waals surface area (Å²) in [5.41, 5.74) is 2.36. The van der Waals surface area contributed by atoms with Crippen molar-refractivity contribution in [3.05, 3.63) is 65.6 Å². The van der Waals surface area contributed by atoms with E-state index < -0.39 is 11.9 Å². The Bertz CT molecular complexity index is 1090. The van der Waals surface area contributed by atoms with Gasteiger partial charge in [0.05, 0.1) is 22.2 Å². The third-order valence-electron chi connectivity index (χ3n) is 4.18. The first-order valence-electron chi connectivity index (χ1n) is 8.45. The zero-order valence-corrected chi connectivity index (χ0v) is 15.6. The van der Waals surface area contributed by atoms with Gasteiger partial charge in [-0.25, -0.2) is 9.78 Å². The Morgan fingerprint density at radius 3 is 2.61 bits per heavy atom. The summed E-state index contributed by atoms with van der Waals surface area (Å²) in [6.07, 6.45) is 1.39. The van der Waals surface area contributed by atoms with Gasteiger partial charge >= 0.3 is 5.97 Å². The molecule has 0 bridgehead atoms. The molecule has 2 aromatic carbocycles. The summed E-state index contributed by atoms with van der Waals surface area (Å²) in [5, 5.41) is 15.4. The summed E-state index contributed by atoms with van der Waals surface area (Å²) in [6, 6.07) is 16.2. The first-order chi connectivity index (χ1) is 13.5. The molecule has 0 spiro atoms. The summed E-state index contributed by atoms with van der Waals surface area (Å²) in [5.74, 6) is -2.23. The Morgan fingerprint density at radius 1 is 1.18 bits per heavy atom. The lowest BCUT2D eigenvalue weighted by molar-refractivity contribution is -0.131. The number of aromatic nitrogens is 1. The molecule has 0 saturated carbocycles. The number of carboxylic acids is 1. The zero-order chi connectivity index (χ0) is 19.7. The molecule has 7 nitrogen and oxygen atoms in total. The van der Waals surface area contributed by atoms with E-state index in [4.69, 9.17) is 4.42 Å². The molecule has 28 heavy (non-hydrogen) atoms. The van der Waals surface area contributed by atoms with Crippen molar-refractivity contribution in [1.82, 2.24) is 4.98 Å². The smallest absolute Gasteiger partial charge is 0.342 e. The lowest BCUT2D eigenvalue weighted by atomic mass is 10.0. The maximum absolute atomic E-state index is 12.8. The van der Waals surface area contributed by atoms with Crippen LogP contribution in [0.25, 0.3) is 11.1 Å². The minimum Gasteiger partial charge on any atom is -0.477 e. The monoisotopic (exact) mass is 393 g/mol. The van der Waals surface area contributed by atoms with E-state index in [2.05, 4.69) is 10.1 Å². The third kappa shape index (κ3) is 3.41. The number of carbonyl (C=O) groups excluding carboxylic acids is 1. The largest absolute Gasteiger partial charge is 0.477 e. The van der Waals surface area contributed by atoms with E-state index in [1.807, 2.05) is 30.3 Å². The molecule has 8 heteroatoms. The summed E-state index contributed by atoms with van der Waals surface area (Å²) in [6.45, 7) is 1.70. The summed E-state index contributed by atoms with van der Waals surface area (Å²) in [7, 11) is 0. The van der Waals surface area contributed by atoms with Crippen molar-refractivity contribution in [3.8, 4) is 0 Å². The van der Waals surface area contributed by atoms with E-state index >= 15 is 0 Å². The van der Waals surface area contributed by atoms with Crippen LogP contribution in [-0.2, 0) is 9.59 Å². The number of thioether (sulfide) groups is 1. The van der Waals surface area contributed by atoms with Crippen molar-refractivity contribution in [1.29, 1.82) is 0 Å². The molecule has 1 atom stereocenters. The minimum atomic E-state index is -1.16. The van der Waals surface area contributed by atoms with Crippen LogP contribution in [0.1, 0.15) is 6.92 Å². The predicted octanol–water partition coefficient (Wildman–Crippen LogP) is 3.93. The van der Waals surface area contributed by atoms with Crippen molar-refractivity contribution in [2.24, 2.45) is 11.0 Å². The molecule has 1 amide bonds. The Balaban J connectivity index is 1.62. The number of anilines is 1. The second kappa shape index (κ2) is 7.32. The molecule has 0 saturated heterocycles. The lowest BCUT2D eigenvalue weighted by Gasteiger charge is -2.12. The van der Waals surface area contributed by atoms with Crippen LogP contribution in [0.3, 0.4) is 0 Å². The topological polar surface area (TPSA) is 96.0 Å². The number of oxazole rings is 1. The fraction of sp³-hybridized carbons (Fsp3) is 0.100. The normalized spacial score (nSPS) is 17.2. The number of amides is 1. The summed E-state index contributed by atoms with van der Waals surface area (Å²) < 4.78 is 5.58. The molecule has 4 rings (SSSR count). The lowest BCUT2D eigenvalue weighted by Crippen LogP contribution is -2.26. The second-order valence-corrected chi connectivity index (χ2v) is 7.08. The highest BCUT2D eigenvalue weighted by Gasteiger charge is 2.34. The van der Waals surface area contributed by atoms with E-state index in [9.17, 15) is 14.7 Å². The first kappa shape index (κ1) is 18.0. The van der Waals surface area contributed by atoms with Crippen LogP contribution in [0.15, 0.2) is 80.3 Å². The van der Waals surface area contributed by atoms with Crippen molar-refractivity contribution < 1.29 is 19.1 Å². The number of nitrogens with zero attached hydrogens (tertiary/aromatic N) is 3. The highest BCUT2D eigenvalue weighted by molar-refractivity contribution is 8.03. The molecule has 0 fully saturated rings. The van der Waals surface area contributed by atoms with Crippen LogP contribution < -0.4 is 5.01 Å². The van der Waals surface area contributed by atoms with Gasteiger partial charge in [-0.2, -0.15) is 10.1 Å². The Morgan fingerprint density at radius 2 is 1.89 bits per heavy atom. The van der Waals surface area contributed by atoms with E-state index in [0.29, 0.717) is 22.5 Å². The molecule has 140 valence electrons. The number of fused-ring (bicyclic) bond motifs is 1. The standard InChI is InChI=1S/C20H15N3O4S/c1-12-14(18(24)23(22-12)13-7-3-2-4-8-13)11-17(19(25)26)28-20-21-15-9-5-6-10-16(15)27-20/h2-11,14H,1H3,(H,25,26)/b17-11-/t14-/m1/s1. The minimum absolute atomic E-state index is 0.0469. The molecule has 1 aliphatic heterocycles. The molecule has 1 N–H and O–H groups in total. The summed E-state index contributed by atoms with van der Waals surface area (Å²) in [4.78, 5) is 28.8. The van der Waals surface area contributed by atoms with Gasteiger partial charge in [0.25, 0.3) is 11.1 Å². The number of carbonyl (C=O) groups is 2. The number of carboxylic acid groups (broad SMARTS) is 1. The van der Waals surface area contributed by atoms with E-state index in [0.717, 1.165) is 11.8 Å². The maximum Gasteiger partial charge on any atom is 0.342 e. The van der Waals surface area contributed by atoms with Crippen molar-refractivity contribution in [2.45, 2.75) is 12.1 Å². The molecule has 3 aromatic rings. The quantitative estimate of drug-likeness (QED) is 0.521. The highest BCUT2D eigenvalue weighted by atomic mass is 32.2. The fourth-order valence-corrected chi connectivity index (χ4v) is 3.57. The average molecular weight is 393 g/mol. The highest BCUT2D eigenvalue weighted by Crippen LogP contribution is 2.32. The van der Waals surface area contributed by atoms with Gasteiger partial charge in [-0.15, -0.1) is 0 Å². The van der Waals surface area contributed by atoms with E-state index in [1.165, 1.54) is 11.1 Å². The van der Waals surface area contributed by atoms with Crippen LogP contribution in [-0.4, -0.2) is 27.7 Å². The van der Waals surface area contributed by atoms with Crippen molar-refractivity contribution in [2.75, 3.05) is 5.01 Å². The van der Waals surface area contributed by atoms with Crippen LogP contribution >= 0.6 is 11.8 Å². The molecule has 0 aliphatic carbocycles. The van der Waals surface area contributed by atoms with Gasteiger partial charge in [-0.05, 0) is 49.0 Å². The number of hydrogen-bond donors (Lipinski definition) is 1. The number of para-hydroxylation sites is 3. The molecule has 1 aliphatic rings. The number of aliphatic carboxylic acids is 1. The molecule has 0 unspecified atom stereocenters. The van der Waals surface area contributed by atoms with Gasteiger partial charge in [0.15, 0.2) is 5.58 Å². The van der Waals surface area contributed by atoms with Crippen LogP contribution in [0.4, 0.5) is 5.69 Å². The van der Waals surface area contributed by atoms with Gasteiger partial charge in [0.2, 0.25) is 0 Å². The fourth-order valence-electron chi connectivity index (χ4n) is 2.81. The van der Waals surface area contributed by atoms with Crippen molar-refractivity contribution in [3.63, 3.8) is 0 Å². The SMILES string of the molecule is CC1=NN(c2ccccc2)C(=O)[C@@H]1/C=C(\Sc1nc2ccccc2o1)C(=O)O. The van der Waals surface area contributed by atoms with Gasteiger partial charge < -0.3 is 9.52 Å². The average Bonchev–Trinajstić information content (AvgIpc) is 3.23. The second-order valence-electron chi connectivity index (χ2n) is 6.09. The molecule has 0 radical (unpaired) electrons. The number of benzene rings is 2. The van der Waals surface area contributed by atoms with Gasteiger partial charge in [-0.1, -0.05) is 30.3 Å². The number of hydrazone groups is 1. The molecular formula is C20H15N3O4S.